The molecular formula is C14H33N3. The molecule has 0 aromatic carbocycles. The molecule has 3 nitrogen and oxygen atoms in total. The first-order valence-corrected chi connectivity index (χ1v) is 7.37. The lowest BCUT2D eigenvalue weighted by molar-refractivity contribution is 0.314. The zero-order valence-corrected chi connectivity index (χ0v) is 11.7. The molecule has 0 atom stereocenters. The molecule has 0 spiro atoms. The molecule has 0 heterocycles. The minimum atomic E-state index is -0.00897. The molecule has 3 heteroatoms. The molecule has 17 heavy (non-hydrogen) atoms. The largest absolute Gasteiger partial charge is 0.330 e. The third-order valence-corrected chi connectivity index (χ3v) is 3.54. The van der Waals surface area contributed by atoms with E-state index in [1.165, 1.54) is 32.1 Å². The van der Waals surface area contributed by atoms with Crippen LogP contribution in [0.3, 0.4) is 0 Å². The predicted octanol–water partition coefficient (Wildman–Crippen LogP) is 2.52. The molecule has 0 radical (unpaired) electrons. The number of hydrogen-bond acceptors (Lipinski definition) is 3. The van der Waals surface area contributed by atoms with Crippen molar-refractivity contribution in [2.24, 2.45) is 17.2 Å². The molecule has 0 aliphatic carbocycles. The normalized spacial score (nSPS) is 12.0. The summed E-state index contributed by atoms with van der Waals surface area (Å²) in [6, 6.07) is 0. The Morgan fingerprint density at radius 3 is 1.65 bits per heavy atom. The number of nitrogens with two attached hydrogens (primary N) is 3. The molecule has 0 saturated carbocycles. The molecular weight excluding hydrogens is 210 g/mol. The molecule has 0 aromatic rings. The van der Waals surface area contributed by atoms with Crippen LogP contribution in [-0.2, 0) is 0 Å². The van der Waals surface area contributed by atoms with Crippen molar-refractivity contribution in [2.45, 2.75) is 76.7 Å². The molecule has 0 saturated heterocycles. The van der Waals surface area contributed by atoms with Gasteiger partial charge in [0.25, 0.3) is 0 Å². The van der Waals surface area contributed by atoms with Gasteiger partial charge in [-0.2, -0.15) is 0 Å². The van der Waals surface area contributed by atoms with Gasteiger partial charge >= 0.3 is 0 Å². The van der Waals surface area contributed by atoms with E-state index in [2.05, 4.69) is 6.92 Å². The quantitative estimate of drug-likeness (QED) is 0.461. The van der Waals surface area contributed by atoms with Crippen LogP contribution < -0.4 is 17.2 Å². The second kappa shape index (κ2) is 11.0. The maximum Gasteiger partial charge on any atom is 0.0155 e. The van der Waals surface area contributed by atoms with Gasteiger partial charge in [0.2, 0.25) is 0 Å². The highest BCUT2D eigenvalue weighted by molar-refractivity contribution is 4.84. The van der Waals surface area contributed by atoms with Gasteiger partial charge in [-0.1, -0.05) is 39.0 Å². The molecule has 0 aromatic heterocycles. The van der Waals surface area contributed by atoms with Gasteiger partial charge in [0.1, 0.15) is 0 Å². The highest BCUT2D eigenvalue weighted by Gasteiger charge is 2.22. The molecule has 0 aliphatic heterocycles. The van der Waals surface area contributed by atoms with E-state index in [9.17, 15) is 0 Å². The highest BCUT2D eigenvalue weighted by Crippen LogP contribution is 2.23. The van der Waals surface area contributed by atoms with Crippen molar-refractivity contribution in [3.05, 3.63) is 0 Å². The summed E-state index contributed by atoms with van der Waals surface area (Å²) in [5, 5.41) is 0. The topological polar surface area (TPSA) is 78.1 Å². The predicted molar refractivity (Wildman–Crippen MR) is 76.9 cm³/mol. The zero-order valence-electron chi connectivity index (χ0n) is 11.7. The van der Waals surface area contributed by atoms with Crippen LogP contribution in [0.5, 0.6) is 0 Å². The fourth-order valence-corrected chi connectivity index (χ4v) is 2.36. The standard InChI is InChI=1S/C14H33N3/c1-2-3-4-5-6-9-14(17,10-7-12-15)11-8-13-16/h2-13,15-17H2,1H3. The minimum Gasteiger partial charge on any atom is -0.330 e. The van der Waals surface area contributed by atoms with Crippen molar-refractivity contribution in [3.8, 4) is 0 Å². The van der Waals surface area contributed by atoms with Crippen LogP contribution in [0.25, 0.3) is 0 Å². The Morgan fingerprint density at radius 1 is 0.706 bits per heavy atom. The maximum atomic E-state index is 6.47. The molecule has 0 unspecified atom stereocenters. The van der Waals surface area contributed by atoms with E-state index in [-0.39, 0.29) is 5.54 Å². The van der Waals surface area contributed by atoms with E-state index in [1.807, 2.05) is 0 Å². The van der Waals surface area contributed by atoms with Gasteiger partial charge in [-0.05, 0) is 45.2 Å². The summed E-state index contributed by atoms with van der Waals surface area (Å²) in [6.45, 7) is 3.74. The lowest BCUT2D eigenvalue weighted by Crippen LogP contribution is -2.40. The summed E-state index contributed by atoms with van der Waals surface area (Å²) in [7, 11) is 0. The summed E-state index contributed by atoms with van der Waals surface area (Å²) in [4.78, 5) is 0. The average molecular weight is 243 g/mol. The van der Waals surface area contributed by atoms with Crippen LogP contribution in [0.4, 0.5) is 0 Å². The van der Waals surface area contributed by atoms with Crippen LogP contribution in [0.15, 0.2) is 0 Å². The van der Waals surface area contributed by atoms with Gasteiger partial charge in [-0.3, -0.25) is 0 Å². The van der Waals surface area contributed by atoms with Crippen LogP contribution in [0, 0.1) is 0 Å². The Labute approximate surface area is 108 Å². The molecule has 0 aliphatic rings. The Kier molecular flexibility index (Phi) is 10.9. The minimum absolute atomic E-state index is 0.00897. The van der Waals surface area contributed by atoms with E-state index < -0.39 is 0 Å². The first-order chi connectivity index (χ1) is 8.18. The lowest BCUT2D eigenvalue weighted by atomic mass is 9.84. The molecule has 0 bridgehead atoms. The number of unbranched alkanes of at least 4 members (excludes halogenated alkanes) is 4. The monoisotopic (exact) mass is 243 g/mol. The lowest BCUT2D eigenvalue weighted by Gasteiger charge is -2.29. The van der Waals surface area contributed by atoms with Crippen molar-refractivity contribution in [1.82, 2.24) is 0 Å². The fourth-order valence-electron chi connectivity index (χ4n) is 2.36. The van der Waals surface area contributed by atoms with Crippen LogP contribution >= 0.6 is 0 Å². The Bertz CT molecular complexity index is 152. The van der Waals surface area contributed by atoms with E-state index >= 15 is 0 Å². The zero-order chi connectivity index (χ0) is 13.0. The summed E-state index contributed by atoms with van der Waals surface area (Å²) in [6.07, 6.45) is 11.9. The van der Waals surface area contributed by atoms with Gasteiger partial charge in [-0.15, -0.1) is 0 Å². The van der Waals surface area contributed by atoms with Crippen LogP contribution in [0.1, 0.15) is 71.1 Å². The molecule has 0 fully saturated rings. The maximum absolute atomic E-state index is 6.47. The van der Waals surface area contributed by atoms with Crippen molar-refractivity contribution in [3.63, 3.8) is 0 Å². The van der Waals surface area contributed by atoms with Crippen molar-refractivity contribution in [1.29, 1.82) is 0 Å². The smallest absolute Gasteiger partial charge is 0.0155 e. The summed E-state index contributed by atoms with van der Waals surface area (Å²) >= 11 is 0. The number of hydrogen-bond donors (Lipinski definition) is 3. The molecule has 104 valence electrons. The third-order valence-electron chi connectivity index (χ3n) is 3.54. The van der Waals surface area contributed by atoms with Gasteiger partial charge in [0.05, 0.1) is 0 Å². The molecule has 0 rings (SSSR count). The second-order valence-corrected chi connectivity index (χ2v) is 5.31. The fraction of sp³-hybridized carbons (Fsp3) is 1.00. The third kappa shape index (κ3) is 9.57. The van der Waals surface area contributed by atoms with Crippen LogP contribution in [-0.4, -0.2) is 18.6 Å². The SMILES string of the molecule is CCCCCCCC(N)(CCCN)CCCN. The molecule has 0 amide bonds. The summed E-state index contributed by atoms with van der Waals surface area (Å²) in [5.74, 6) is 0. The number of rotatable bonds is 12. The molecule has 6 N–H and O–H groups in total. The van der Waals surface area contributed by atoms with E-state index in [4.69, 9.17) is 17.2 Å². The summed E-state index contributed by atoms with van der Waals surface area (Å²) < 4.78 is 0. The summed E-state index contributed by atoms with van der Waals surface area (Å²) in [5.41, 5.74) is 17.6. The van der Waals surface area contributed by atoms with Gasteiger partial charge in [-0.25, -0.2) is 0 Å². The van der Waals surface area contributed by atoms with E-state index in [1.54, 1.807) is 0 Å². The van der Waals surface area contributed by atoms with Crippen LogP contribution in [0.2, 0.25) is 0 Å². The van der Waals surface area contributed by atoms with Gasteiger partial charge in [0.15, 0.2) is 0 Å². The Morgan fingerprint density at radius 2 is 1.18 bits per heavy atom. The highest BCUT2D eigenvalue weighted by atomic mass is 14.7. The average Bonchev–Trinajstić information content (AvgIpc) is 2.34. The van der Waals surface area contributed by atoms with E-state index in [0.29, 0.717) is 0 Å². The van der Waals surface area contributed by atoms with E-state index in [0.717, 1.165) is 45.2 Å². The van der Waals surface area contributed by atoms with Gasteiger partial charge in [0, 0.05) is 5.54 Å². The van der Waals surface area contributed by atoms with Crippen molar-refractivity contribution < 1.29 is 0 Å². The van der Waals surface area contributed by atoms with Gasteiger partial charge < -0.3 is 17.2 Å². The second-order valence-electron chi connectivity index (χ2n) is 5.31. The Balaban J connectivity index is 3.82. The van der Waals surface area contributed by atoms with Crippen molar-refractivity contribution >= 4 is 0 Å². The van der Waals surface area contributed by atoms with Crippen molar-refractivity contribution in [2.75, 3.05) is 13.1 Å². The Hall–Kier alpha value is -0.120. The first-order valence-electron chi connectivity index (χ1n) is 7.37. The first kappa shape index (κ1) is 16.9.